The van der Waals surface area contributed by atoms with E-state index in [4.69, 9.17) is 0 Å². The van der Waals surface area contributed by atoms with Crippen LogP contribution in [0.5, 0.6) is 0 Å². The summed E-state index contributed by atoms with van der Waals surface area (Å²) in [6.45, 7) is 4.73. The highest BCUT2D eigenvalue weighted by Crippen LogP contribution is 2.52. The number of hydrogen-bond donors (Lipinski definition) is 1. The minimum absolute atomic E-state index is 0.0273. The van der Waals surface area contributed by atoms with Crippen molar-refractivity contribution in [2.45, 2.75) is 32.1 Å². The quantitative estimate of drug-likeness (QED) is 0.513. The Kier molecular flexibility index (Phi) is 3.98. The highest BCUT2D eigenvalue weighted by Gasteiger charge is 2.38. The molecular weight excluding hydrogens is 338 g/mol. The van der Waals surface area contributed by atoms with Crippen LogP contribution < -0.4 is 5.32 Å². The van der Waals surface area contributed by atoms with Gasteiger partial charge in [0, 0.05) is 16.8 Å². The van der Waals surface area contributed by atoms with Gasteiger partial charge in [-0.25, -0.2) is 0 Å². The van der Waals surface area contributed by atoms with E-state index in [1.807, 2.05) is 6.07 Å². The molecule has 0 saturated heterocycles. The van der Waals surface area contributed by atoms with E-state index in [-0.39, 0.29) is 5.41 Å². The number of benzene rings is 3. The maximum atomic E-state index is 3.55. The standard InChI is InChI=1S/C27H25N/c1-27(2)25-17-20(19-9-5-3-6-10-19)13-15-23(25)24-16-14-22(18-26(24)27)28-21-11-7-4-8-12-21/h3-12,14,16-18,28H,13,15H2,1-2H3. The second-order valence-corrected chi connectivity index (χ2v) is 8.30. The van der Waals surface area contributed by atoms with Gasteiger partial charge in [-0.15, -0.1) is 0 Å². The molecule has 0 aromatic heterocycles. The Morgan fingerprint density at radius 1 is 0.750 bits per heavy atom. The van der Waals surface area contributed by atoms with Crippen LogP contribution in [0.4, 0.5) is 11.4 Å². The zero-order valence-corrected chi connectivity index (χ0v) is 16.5. The van der Waals surface area contributed by atoms with Crippen molar-refractivity contribution in [3.8, 4) is 0 Å². The molecule has 1 heteroatoms. The lowest BCUT2D eigenvalue weighted by molar-refractivity contribution is 0.652. The first-order valence-corrected chi connectivity index (χ1v) is 10.1. The van der Waals surface area contributed by atoms with Crippen LogP contribution in [0.3, 0.4) is 0 Å². The first kappa shape index (κ1) is 17.1. The minimum atomic E-state index is 0.0273. The molecule has 3 aromatic rings. The molecule has 138 valence electrons. The molecule has 1 nitrogen and oxygen atoms in total. The topological polar surface area (TPSA) is 12.0 Å². The Balaban J connectivity index is 1.52. The van der Waals surface area contributed by atoms with Gasteiger partial charge >= 0.3 is 0 Å². The van der Waals surface area contributed by atoms with Gasteiger partial charge in [-0.1, -0.05) is 74.5 Å². The van der Waals surface area contributed by atoms with Crippen LogP contribution in [0.15, 0.2) is 90.5 Å². The third kappa shape index (κ3) is 2.79. The summed E-state index contributed by atoms with van der Waals surface area (Å²) in [5.74, 6) is 0. The second-order valence-electron chi connectivity index (χ2n) is 8.30. The average molecular weight is 364 g/mol. The fraction of sp³-hybridized carbons (Fsp3) is 0.185. The summed E-state index contributed by atoms with van der Waals surface area (Å²) in [6.07, 6.45) is 4.69. The number of para-hydroxylation sites is 1. The van der Waals surface area contributed by atoms with Crippen LogP contribution in [0.2, 0.25) is 0 Å². The third-order valence-electron chi connectivity index (χ3n) is 6.19. The van der Waals surface area contributed by atoms with Crippen molar-refractivity contribution in [1.29, 1.82) is 0 Å². The summed E-state index contributed by atoms with van der Waals surface area (Å²) >= 11 is 0. The van der Waals surface area contributed by atoms with E-state index in [0.29, 0.717) is 0 Å². The van der Waals surface area contributed by atoms with Gasteiger partial charge in [0.25, 0.3) is 0 Å². The summed E-state index contributed by atoms with van der Waals surface area (Å²) in [5.41, 5.74) is 11.0. The SMILES string of the molecule is CC1(C)C2=C(CCC(c3ccccc3)=C2)c2ccc(Nc3ccccc3)cc21. The van der Waals surface area contributed by atoms with Crippen LogP contribution in [-0.4, -0.2) is 0 Å². The van der Waals surface area contributed by atoms with Crippen molar-refractivity contribution in [2.24, 2.45) is 0 Å². The van der Waals surface area contributed by atoms with Gasteiger partial charge in [0.15, 0.2) is 0 Å². The molecule has 2 aliphatic carbocycles. The first-order valence-electron chi connectivity index (χ1n) is 10.1. The van der Waals surface area contributed by atoms with Crippen LogP contribution in [0.25, 0.3) is 11.1 Å². The van der Waals surface area contributed by atoms with E-state index in [1.54, 1.807) is 0 Å². The zero-order chi connectivity index (χ0) is 19.1. The molecule has 0 aliphatic heterocycles. The van der Waals surface area contributed by atoms with Crippen molar-refractivity contribution >= 4 is 22.5 Å². The molecule has 28 heavy (non-hydrogen) atoms. The van der Waals surface area contributed by atoms with Crippen molar-refractivity contribution < 1.29 is 0 Å². The molecule has 0 heterocycles. The predicted molar refractivity (Wildman–Crippen MR) is 120 cm³/mol. The number of fused-ring (bicyclic) bond motifs is 2. The van der Waals surface area contributed by atoms with Crippen LogP contribution in [0, 0.1) is 0 Å². The van der Waals surface area contributed by atoms with Crippen molar-refractivity contribution in [3.63, 3.8) is 0 Å². The maximum Gasteiger partial charge on any atom is 0.0387 e. The first-order chi connectivity index (χ1) is 13.6. The summed E-state index contributed by atoms with van der Waals surface area (Å²) in [6, 6.07) is 28.1. The lowest BCUT2D eigenvalue weighted by atomic mass is 9.78. The number of allylic oxidation sites excluding steroid dienone is 4. The van der Waals surface area contributed by atoms with Gasteiger partial charge in [-0.2, -0.15) is 0 Å². The molecule has 0 amide bonds. The molecule has 0 fully saturated rings. The van der Waals surface area contributed by atoms with E-state index >= 15 is 0 Å². The average Bonchev–Trinajstić information content (AvgIpc) is 2.96. The lowest BCUT2D eigenvalue weighted by Gasteiger charge is -2.26. The Hall–Kier alpha value is -3.06. The monoisotopic (exact) mass is 363 g/mol. The molecule has 3 aromatic carbocycles. The summed E-state index contributed by atoms with van der Waals surface area (Å²) in [5, 5.41) is 3.55. The smallest absolute Gasteiger partial charge is 0.0387 e. The molecular formula is C27H25N. The summed E-state index contributed by atoms with van der Waals surface area (Å²) < 4.78 is 0. The normalized spacial score (nSPS) is 17.0. The number of nitrogens with one attached hydrogen (secondary N) is 1. The van der Waals surface area contributed by atoms with Gasteiger partial charge in [0.05, 0.1) is 0 Å². The maximum absolute atomic E-state index is 3.55. The van der Waals surface area contributed by atoms with E-state index in [9.17, 15) is 0 Å². The van der Waals surface area contributed by atoms with E-state index in [1.165, 1.54) is 33.4 Å². The molecule has 0 saturated carbocycles. The van der Waals surface area contributed by atoms with Gasteiger partial charge in [-0.05, 0) is 70.5 Å². The van der Waals surface area contributed by atoms with Gasteiger partial charge < -0.3 is 5.32 Å². The zero-order valence-electron chi connectivity index (χ0n) is 16.5. The van der Waals surface area contributed by atoms with Gasteiger partial charge in [0.1, 0.15) is 0 Å². The van der Waals surface area contributed by atoms with Crippen molar-refractivity contribution in [1.82, 2.24) is 0 Å². The highest BCUT2D eigenvalue weighted by atomic mass is 14.9. The Morgan fingerprint density at radius 2 is 1.46 bits per heavy atom. The number of anilines is 2. The molecule has 5 rings (SSSR count). The third-order valence-corrected chi connectivity index (χ3v) is 6.19. The summed E-state index contributed by atoms with van der Waals surface area (Å²) in [7, 11) is 0. The van der Waals surface area contributed by atoms with E-state index < -0.39 is 0 Å². The molecule has 2 aliphatic rings. The predicted octanol–water partition coefficient (Wildman–Crippen LogP) is 7.35. The van der Waals surface area contributed by atoms with Gasteiger partial charge in [-0.3, -0.25) is 0 Å². The Morgan fingerprint density at radius 3 is 2.21 bits per heavy atom. The second kappa shape index (κ2) is 6.53. The van der Waals surface area contributed by atoms with Crippen LogP contribution in [0.1, 0.15) is 43.4 Å². The van der Waals surface area contributed by atoms with E-state index in [0.717, 1.165) is 24.2 Å². The highest BCUT2D eigenvalue weighted by molar-refractivity contribution is 5.89. The van der Waals surface area contributed by atoms with Gasteiger partial charge in [0.2, 0.25) is 0 Å². The molecule has 0 unspecified atom stereocenters. The van der Waals surface area contributed by atoms with Crippen LogP contribution >= 0.6 is 0 Å². The van der Waals surface area contributed by atoms with Crippen molar-refractivity contribution in [2.75, 3.05) is 5.32 Å². The molecule has 0 radical (unpaired) electrons. The molecule has 0 atom stereocenters. The number of rotatable bonds is 3. The largest absolute Gasteiger partial charge is 0.356 e. The fourth-order valence-electron chi connectivity index (χ4n) is 4.68. The molecule has 0 spiro atoms. The molecule has 0 bridgehead atoms. The van der Waals surface area contributed by atoms with Crippen LogP contribution in [-0.2, 0) is 5.41 Å². The number of hydrogen-bond acceptors (Lipinski definition) is 1. The molecule has 1 N–H and O–H groups in total. The Bertz CT molecular complexity index is 1090. The summed E-state index contributed by atoms with van der Waals surface area (Å²) in [4.78, 5) is 0. The lowest BCUT2D eigenvalue weighted by Crippen LogP contribution is -2.17. The van der Waals surface area contributed by atoms with E-state index in [2.05, 4.69) is 98.0 Å². The fourth-order valence-corrected chi connectivity index (χ4v) is 4.68. The Labute approximate surface area is 167 Å². The minimum Gasteiger partial charge on any atom is -0.356 e. The van der Waals surface area contributed by atoms with Crippen molar-refractivity contribution in [3.05, 3.63) is 107 Å².